The molecule has 0 bridgehead atoms. The van der Waals surface area contributed by atoms with Crippen molar-refractivity contribution in [3.05, 3.63) is 113 Å². The summed E-state index contributed by atoms with van der Waals surface area (Å²) in [6, 6.07) is 25.5. The average Bonchev–Trinajstić information content (AvgIpc) is 3.37. The number of nitrogens with two attached hydrogens (primary N) is 1. The van der Waals surface area contributed by atoms with Gasteiger partial charge in [0.2, 0.25) is 0 Å². The van der Waals surface area contributed by atoms with Gasteiger partial charge in [0, 0.05) is 31.0 Å². The molecule has 3 aromatic rings. The molecule has 3 N–H and O–H groups in total. The number of hydrogen-bond acceptors (Lipinski definition) is 4. The van der Waals surface area contributed by atoms with Crippen LogP contribution in [0.25, 0.3) is 0 Å². The Morgan fingerprint density at radius 3 is 2.11 bits per heavy atom. The van der Waals surface area contributed by atoms with Gasteiger partial charge in [0.25, 0.3) is 0 Å². The molecule has 1 fully saturated rings. The Balaban J connectivity index is 0.000000255. The van der Waals surface area contributed by atoms with Gasteiger partial charge in [-0.3, -0.25) is 4.98 Å². The molecule has 1 saturated carbocycles. The van der Waals surface area contributed by atoms with E-state index in [1.807, 2.05) is 24.3 Å². The van der Waals surface area contributed by atoms with Crippen molar-refractivity contribution in [2.45, 2.75) is 50.7 Å². The molecule has 1 aliphatic carbocycles. The topological polar surface area (TPSA) is 60.2 Å². The van der Waals surface area contributed by atoms with E-state index >= 15 is 0 Å². The van der Waals surface area contributed by atoms with E-state index in [0.29, 0.717) is 16.9 Å². The number of nitrogens with zero attached hydrogens (tertiary/aromatic N) is 1. The van der Waals surface area contributed by atoms with E-state index in [-0.39, 0.29) is 5.92 Å². The number of ether oxygens (including phenoxy) is 1. The first-order chi connectivity index (χ1) is 16.9. The van der Waals surface area contributed by atoms with E-state index in [2.05, 4.69) is 70.1 Å². The van der Waals surface area contributed by atoms with Gasteiger partial charge in [0.1, 0.15) is 0 Å². The Kier molecular flexibility index (Phi) is 12.8. The Morgan fingerprint density at radius 1 is 1.06 bits per heavy atom. The van der Waals surface area contributed by atoms with Gasteiger partial charge in [-0.1, -0.05) is 91.7 Å². The highest BCUT2D eigenvalue weighted by Gasteiger charge is 2.16. The van der Waals surface area contributed by atoms with Crippen molar-refractivity contribution in [1.29, 1.82) is 0 Å². The normalized spacial score (nSPS) is 13.7. The van der Waals surface area contributed by atoms with Gasteiger partial charge in [-0.05, 0) is 42.5 Å². The molecule has 1 aromatic heterocycles. The Bertz CT molecular complexity index is 967. The van der Waals surface area contributed by atoms with E-state index in [1.165, 1.54) is 36.8 Å². The zero-order valence-corrected chi connectivity index (χ0v) is 20.8. The SMILES string of the molecule is C=C(N)NC1CCCC1.COC(F)F.Clc1ccc([C@H](Cc2ccccc2)c2ccccc2)nc1. The van der Waals surface area contributed by atoms with Crippen LogP contribution >= 0.6 is 11.6 Å². The van der Waals surface area contributed by atoms with Crippen LogP contribution in [0.2, 0.25) is 5.02 Å². The number of methoxy groups -OCH3 is 1. The molecule has 0 spiro atoms. The number of nitrogens with one attached hydrogen (secondary N) is 1. The minimum absolute atomic E-state index is 0.242. The summed E-state index contributed by atoms with van der Waals surface area (Å²) in [7, 11) is 0.949. The maximum Gasteiger partial charge on any atom is 0.345 e. The Morgan fingerprint density at radius 2 is 1.63 bits per heavy atom. The standard InChI is InChI=1S/C19H16ClN.C7H14N2.C2H4F2O/c20-17-11-12-19(21-14-17)18(16-9-5-2-6-10-16)13-15-7-3-1-4-8-15;1-6(8)9-7-4-2-3-5-7;1-5-2(3)4/h1-12,14,18H,13H2;7,9H,1-5,8H2;2H,1H3/t18-;;/m1../s1. The monoisotopic (exact) mass is 501 g/mol. The van der Waals surface area contributed by atoms with Crippen LogP contribution in [-0.2, 0) is 11.2 Å². The fraction of sp³-hybridized carbons (Fsp3) is 0.321. The molecule has 4 rings (SSSR count). The summed E-state index contributed by atoms with van der Waals surface area (Å²) in [5.74, 6) is 0.854. The van der Waals surface area contributed by atoms with Crippen molar-refractivity contribution in [2.75, 3.05) is 7.11 Å². The maximum atomic E-state index is 10.5. The van der Waals surface area contributed by atoms with E-state index in [1.54, 1.807) is 6.20 Å². The lowest BCUT2D eigenvalue weighted by Gasteiger charge is -2.17. The third kappa shape index (κ3) is 11.3. The third-order valence-corrected chi connectivity index (χ3v) is 5.74. The molecule has 2 aromatic carbocycles. The van der Waals surface area contributed by atoms with Gasteiger partial charge in [-0.15, -0.1) is 0 Å². The second kappa shape index (κ2) is 15.8. The first kappa shape index (κ1) is 28.3. The highest BCUT2D eigenvalue weighted by Crippen LogP contribution is 2.27. The maximum absolute atomic E-state index is 10.5. The van der Waals surface area contributed by atoms with Gasteiger partial charge >= 0.3 is 6.61 Å². The van der Waals surface area contributed by atoms with Crippen molar-refractivity contribution in [3.63, 3.8) is 0 Å². The van der Waals surface area contributed by atoms with E-state index < -0.39 is 6.61 Å². The van der Waals surface area contributed by atoms with Crippen molar-refractivity contribution in [1.82, 2.24) is 10.3 Å². The molecule has 35 heavy (non-hydrogen) atoms. The van der Waals surface area contributed by atoms with Gasteiger partial charge < -0.3 is 15.8 Å². The van der Waals surface area contributed by atoms with E-state index in [0.717, 1.165) is 19.2 Å². The zero-order chi connectivity index (χ0) is 25.5. The number of halogens is 3. The molecule has 0 saturated heterocycles. The summed E-state index contributed by atoms with van der Waals surface area (Å²) >= 11 is 5.96. The lowest BCUT2D eigenvalue weighted by Crippen LogP contribution is -2.28. The lowest BCUT2D eigenvalue weighted by atomic mass is 9.89. The molecule has 0 radical (unpaired) electrons. The predicted molar refractivity (Wildman–Crippen MR) is 139 cm³/mol. The largest absolute Gasteiger partial charge is 0.386 e. The van der Waals surface area contributed by atoms with Crippen LogP contribution in [0.4, 0.5) is 8.78 Å². The van der Waals surface area contributed by atoms with Gasteiger partial charge in [0.05, 0.1) is 10.8 Å². The van der Waals surface area contributed by atoms with E-state index in [9.17, 15) is 8.78 Å². The van der Waals surface area contributed by atoms with Crippen molar-refractivity contribution in [3.8, 4) is 0 Å². The van der Waals surface area contributed by atoms with Gasteiger partial charge in [-0.25, -0.2) is 0 Å². The Labute approximate surface area is 212 Å². The fourth-order valence-electron chi connectivity index (χ4n) is 3.85. The van der Waals surface area contributed by atoms with Crippen LogP contribution < -0.4 is 11.1 Å². The summed E-state index contributed by atoms with van der Waals surface area (Å²) in [5, 5.41) is 3.80. The van der Waals surface area contributed by atoms with Crippen molar-refractivity contribution >= 4 is 11.6 Å². The fourth-order valence-corrected chi connectivity index (χ4v) is 3.97. The van der Waals surface area contributed by atoms with Crippen LogP contribution in [0.1, 0.15) is 48.4 Å². The summed E-state index contributed by atoms with van der Waals surface area (Å²) in [6.45, 7) is 0.970. The molecule has 4 nitrogen and oxygen atoms in total. The van der Waals surface area contributed by atoms with Crippen molar-refractivity contribution < 1.29 is 13.5 Å². The number of hydrogen-bond donors (Lipinski definition) is 2. The quantitative estimate of drug-likeness (QED) is 0.369. The predicted octanol–water partition coefficient (Wildman–Crippen LogP) is 6.91. The summed E-state index contributed by atoms with van der Waals surface area (Å²) in [4.78, 5) is 4.52. The number of pyridine rings is 1. The van der Waals surface area contributed by atoms with Crippen LogP contribution in [0.5, 0.6) is 0 Å². The molecule has 188 valence electrons. The number of rotatable bonds is 7. The minimum Gasteiger partial charge on any atom is -0.386 e. The molecular formula is C28H34ClF2N3O. The molecule has 0 amide bonds. The van der Waals surface area contributed by atoms with Gasteiger partial charge in [0.15, 0.2) is 0 Å². The lowest BCUT2D eigenvalue weighted by molar-refractivity contribution is -0.105. The van der Waals surface area contributed by atoms with Gasteiger partial charge in [-0.2, -0.15) is 8.78 Å². The van der Waals surface area contributed by atoms with Crippen molar-refractivity contribution in [2.24, 2.45) is 5.73 Å². The second-order valence-corrected chi connectivity index (χ2v) is 8.64. The molecule has 1 heterocycles. The highest BCUT2D eigenvalue weighted by molar-refractivity contribution is 6.30. The summed E-state index contributed by atoms with van der Waals surface area (Å²) < 4.78 is 24.5. The first-order valence-corrected chi connectivity index (χ1v) is 12.0. The Hall–Kier alpha value is -2.96. The van der Waals surface area contributed by atoms with Crippen LogP contribution in [0.3, 0.4) is 0 Å². The number of benzene rings is 2. The number of alkyl halides is 2. The average molecular weight is 502 g/mol. The second-order valence-electron chi connectivity index (χ2n) is 8.20. The molecule has 7 heteroatoms. The molecule has 0 aliphatic heterocycles. The minimum atomic E-state index is -2.62. The molecular weight excluding hydrogens is 468 g/mol. The molecule has 1 atom stereocenters. The zero-order valence-electron chi connectivity index (χ0n) is 20.0. The number of aromatic nitrogens is 1. The summed E-state index contributed by atoms with van der Waals surface area (Å²) in [5.41, 5.74) is 9.00. The smallest absolute Gasteiger partial charge is 0.345 e. The highest BCUT2D eigenvalue weighted by atomic mass is 35.5. The molecule has 1 aliphatic rings. The summed E-state index contributed by atoms with van der Waals surface area (Å²) in [6.07, 6.45) is 7.85. The molecule has 0 unspecified atom stereocenters. The van der Waals surface area contributed by atoms with Crippen LogP contribution in [0.15, 0.2) is 91.4 Å². The van der Waals surface area contributed by atoms with Crippen LogP contribution in [-0.4, -0.2) is 24.7 Å². The van der Waals surface area contributed by atoms with E-state index in [4.69, 9.17) is 17.3 Å². The first-order valence-electron chi connectivity index (χ1n) is 11.6. The third-order valence-electron chi connectivity index (χ3n) is 5.51. The van der Waals surface area contributed by atoms with Crippen LogP contribution in [0, 0.1) is 0 Å².